The van der Waals surface area contributed by atoms with Gasteiger partial charge < -0.3 is 9.64 Å². The first-order valence-corrected chi connectivity index (χ1v) is 10.5. The molecule has 1 aromatic carbocycles. The van der Waals surface area contributed by atoms with E-state index in [1.54, 1.807) is 4.90 Å². The number of pyridine rings is 1. The molecule has 3 rings (SSSR count). The molecule has 1 fully saturated rings. The topological polar surface area (TPSA) is 120 Å². The maximum Gasteiger partial charge on any atom is 0.270 e. The molecule has 10 heteroatoms. The summed E-state index contributed by atoms with van der Waals surface area (Å²) < 4.78 is 28.9. The van der Waals surface area contributed by atoms with E-state index in [9.17, 15) is 23.3 Å². The molecule has 1 aliphatic heterocycles. The molecule has 1 amide bonds. The fourth-order valence-corrected chi connectivity index (χ4v) is 3.80. The molecule has 1 atom stereocenters. The quantitative estimate of drug-likeness (QED) is 0.554. The Kier molecular flexibility index (Phi) is 5.32. The maximum atomic E-state index is 11.9. The third kappa shape index (κ3) is 4.11. The minimum absolute atomic E-state index is 0.0812. The van der Waals surface area contributed by atoms with Crippen LogP contribution in [-0.4, -0.2) is 41.9 Å². The number of carbonyl (C=O) groups excluding carboxylic acids is 1. The third-order valence-electron chi connectivity index (χ3n) is 4.54. The van der Waals surface area contributed by atoms with Gasteiger partial charge in [0, 0.05) is 37.4 Å². The summed E-state index contributed by atoms with van der Waals surface area (Å²) in [5.41, 5.74) is 0.442. The number of non-ortho nitro benzene ring substituents is 1. The highest BCUT2D eigenvalue weighted by molar-refractivity contribution is 7.90. The Morgan fingerprint density at radius 1 is 1.32 bits per heavy atom. The molecule has 0 unspecified atom stereocenters. The van der Waals surface area contributed by atoms with Gasteiger partial charge >= 0.3 is 0 Å². The van der Waals surface area contributed by atoms with Crippen LogP contribution in [0, 0.1) is 10.1 Å². The number of nitro benzene ring substituents is 1. The van der Waals surface area contributed by atoms with Crippen LogP contribution in [0.25, 0.3) is 0 Å². The molecule has 2 aromatic rings. The lowest BCUT2D eigenvalue weighted by molar-refractivity contribution is -0.385. The standard InChI is InChI=1S/C18H19N3O6S/c1-12(22)20-9-3-4-16(20)15-10-13(21(23)24)5-7-17(15)27-14-6-8-18(19-11-14)28(2,25)26/h5-8,10-11,16H,3-4,9H2,1-2H3/t16-/m1/s1. The first-order valence-electron chi connectivity index (χ1n) is 8.56. The molecule has 0 spiro atoms. The molecule has 0 saturated carbocycles. The fraction of sp³-hybridized carbons (Fsp3) is 0.333. The Hall–Kier alpha value is -3.01. The lowest BCUT2D eigenvalue weighted by Gasteiger charge is -2.25. The van der Waals surface area contributed by atoms with Gasteiger partial charge in [-0.1, -0.05) is 0 Å². The van der Waals surface area contributed by atoms with E-state index in [1.807, 2.05) is 0 Å². The molecule has 1 aromatic heterocycles. The highest BCUT2D eigenvalue weighted by atomic mass is 32.2. The van der Waals surface area contributed by atoms with E-state index in [0.29, 0.717) is 24.3 Å². The number of likely N-dealkylation sites (tertiary alicyclic amines) is 1. The van der Waals surface area contributed by atoms with Gasteiger partial charge in [-0.3, -0.25) is 14.9 Å². The predicted molar refractivity (Wildman–Crippen MR) is 99.9 cm³/mol. The van der Waals surface area contributed by atoms with Gasteiger partial charge in [0.15, 0.2) is 14.9 Å². The van der Waals surface area contributed by atoms with Crippen LogP contribution in [-0.2, 0) is 14.6 Å². The lowest BCUT2D eigenvalue weighted by Crippen LogP contribution is -2.28. The van der Waals surface area contributed by atoms with Gasteiger partial charge in [-0.15, -0.1) is 0 Å². The van der Waals surface area contributed by atoms with Crippen molar-refractivity contribution in [2.75, 3.05) is 12.8 Å². The van der Waals surface area contributed by atoms with Gasteiger partial charge in [0.1, 0.15) is 11.5 Å². The van der Waals surface area contributed by atoms with Gasteiger partial charge in [0.2, 0.25) is 5.91 Å². The van der Waals surface area contributed by atoms with Crippen molar-refractivity contribution in [3.63, 3.8) is 0 Å². The Balaban J connectivity index is 1.98. The van der Waals surface area contributed by atoms with E-state index in [1.165, 1.54) is 43.5 Å². The van der Waals surface area contributed by atoms with Gasteiger partial charge in [-0.2, -0.15) is 0 Å². The van der Waals surface area contributed by atoms with Crippen molar-refractivity contribution >= 4 is 21.4 Å². The molecule has 0 radical (unpaired) electrons. The van der Waals surface area contributed by atoms with Crippen molar-refractivity contribution in [2.45, 2.75) is 30.8 Å². The lowest BCUT2D eigenvalue weighted by atomic mass is 10.0. The van der Waals surface area contributed by atoms with Crippen LogP contribution in [0.3, 0.4) is 0 Å². The zero-order valence-electron chi connectivity index (χ0n) is 15.4. The van der Waals surface area contributed by atoms with Crippen LogP contribution in [0.1, 0.15) is 31.4 Å². The summed E-state index contributed by atoms with van der Waals surface area (Å²) in [5.74, 6) is 0.534. The molecule has 9 nitrogen and oxygen atoms in total. The number of nitrogens with zero attached hydrogens (tertiary/aromatic N) is 3. The molecule has 1 aliphatic rings. The first-order chi connectivity index (χ1) is 13.2. The Morgan fingerprint density at radius 2 is 2.07 bits per heavy atom. The van der Waals surface area contributed by atoms with E-state index < -0.39 is 14.8 Å². The van der Waals surface area contributed by atoms with Gasteiger partial charge in [-0.05, 0) is 31.0 Å². The number of aromatic nitrogens is 1. The molecule has 28 heavy (non-hydrogen) atoms. The average molecular weight is 405 g/mol. The van der Waals surface area contributed by atoms with Crippen LogP contribution >= 0.6 is 0 Å². The highest BCUT2D eigenvalue weighted by Crippen LogP contribution is 2.40. The van der Waals surface area contributed by atoms with Crippen molar-refractivity contribution in [2.24, 2.45) is 0 Å². The summed E-state index contributed by atoms with van der Waals surface area (Å²) in [5, 5.41) is 11.1. The number of benzene rings is 1. The summed E-state index contributed by atoms with van der Waals surface area (Å²) in [4.78, 5) is 28.2. The Labute approximate surface area is 162 Å². The van der Waals surface area contributed by atoms with Crippen molar-refractivity contribution < 1.29 is 22.9 Å². The van der Waals surface area contributed by atoms with Crippen molar-refractivity contribution in [1.29, 1.82) is 0 Å². The van der Waals surface area contributed by atoms with Crippen LogP contribution in [0.4, 0.5) is 5.69 Å². The summed E-state index contributed by atoms with van der Waals surface area (Å²) in [6, 6.07) is 6.69. The number of sulfone groups is 1. The van der Waals surface area contributed by atoms with E-state index in [0.717, 1.165) is 12.7 Å². The van der Waals surface area contributed by atoms with Gasteiger partial charge in [0.05, 0.1) is 17.2 Å². The van der Waals surface area contributed by atoms with E-state index in [2.05, 4.69) is 4.98 Å². The number of hydrogen-bond acceptors (Lipinski definition) is 7. The number of carbonyl (C=O) groups is 1. The normalized spacial score (nSPS) is 16.8. The van der Waals surface area contributed by atoms with Crippen LogP contribution in [0.15, 0.2) is 41.6 Å². The molecule has 0 bridgehead atoms. The van der Waals surface area contributed by atoms with Gasteiger partial charge in [-0.25, -0.2) is 13.4 Å². The zero-order valence-corrected chi connectivity index (χ0v) is 16.2. The van der Waals surface area contributed by atoms with Crippen molar-refractivity contribution in [3.8, 4) is 11.5 Å². The number of nitro groups is 1. The smallest absolute Gasteiger partial charge is 0.270 e. The molecular formula is C18H19N3O6S. The summed E-state index contributed by atoms with van der Waals surface area (Å²) in [6.45, 7) is 2.04. The minimum atomic E-state index is -3.43. The molecule has 0 aliphatic carbocycles. The van der Waals surface area contributed by atoms with Crippen LogP contribution < -0.4 is 4.74 Å². The van der Waals surface area contributed by atoms with E-state index >= 15 is 0 Å². The fourth-order valence-electron chi connectivity index (χ4n) is 3.24. The Bertz CT molecular complexity index is 1020. The second kappa shape index (κ2) is 7.55. The second-order valence-electron chi connectivity index (χ2n) is 6.56. The molecule has 1 saturated heterocycles. The number of amides is 1. The first kappa shape index (κ1) is 19.7. The summed E-state index contributed by atoms with van der Waals surface area (Å²) in [7, 11) is -3.43. The monoisotopic (exact) mass is 405 g/mol. The molecule has 0 N–H and O–H groups in total. The average Bonchev–Trinajstić information content (AvgIpc) is 3.11. The minimum Gasteiger partial charge on any atom is -0.455 e. The molecule has 2 heterocycles. The summed E-state index contributed by atoms with van der Waals surface area (Å²) >= 11 is 0. The third-order valence-corrected chi connectivity index (χ3v) is 5.54. The predicted octanol–water partition coefficient (Wildman–Crippen LogP) is 2.87. The molecule has 148 valence electrons. The zero-order chi connectivity index (χ0) is 20.5. The highest BCUT2D eigenvalue weighted by Gasteiger charge is 2.31. The van der Waals surface area contributed by atoms with Crippen LogP contribution in [0.2, 0.25) is 0 Å². The van der Waals surface area contributed by atoms with Crippen LogP contribution in [0.5, 0.6) is 11.5 Å². The number of hydrogen-bond donors (Lipinski definition) is 0. The molecular weight excluding hydrogens is 386 g/mol. The van der Waals surface area contributed by atoms with Crippen molar-refractivity contribution in [3.05, 3.63) is 52.2 Å². The largest absolute Gasteiger partial charge is 0.455 e. The summed E-state index contributed by atoms with van der Waals surface area (Å²) in [6.07, 6.45) is 3.79. The van der Waals surface area contributed by atoms with Crippen molar-refractivity contribution in [1.82, 2.24) is 9.88 Å². The Morgan fingerprint density at radius 3 is 2.64 bits per heavy atom. The van der Waals surface area contributed by atoms with Gasteiger partial charge in [0.25, 0.3) is 5.69 Å². The second-order valence-corrected chi connectivity index (χ2v) is 8.52. The number of rotatable bonds is 5. The number of ether oxygens (including phenoxy) is 1. The maximum absolute atomic E-state index is 11.9. The van der Waals surface area contributed by atoms with E-state index in [-0.39, 0.29) is 28.4 Å². The van der Waals surface area contributed by atoms with E-state index in [4.69, 9.17) is 4.74 Å². The SMILES string of the molecule is CC(=O)N1CCC[C@@H]1c1cc([N+](=O)[O-])ccc1Oc1ccc(S(C)(=O)=O)nc1.